The Bertz CT molecular complexity index is 1320. The number of aromatic nitrogens is 4. The molecule has 0 atom stereocenters. The number of nitrogens with zero attached hydrogens (tertiary/aromatic N) is 4. The second kappa shape index (κ2) is 9.42. The van der Waals surface area contributed by atoms with E-state index in [-0.39, 0.29) is 17.9 Å². The number of amides is 1. The number of nitrogens with one attached hydrogen (secondary N) is 1. The first-order chi connectivity index (χ1) is 16.2. The van der Waals surface area contributed by atoms with Crippen molar-refractivity contribution < 1.29 is 27.2 Å². The Morgan fingerprint density at radius 2 is 1.88 bits per heavy atom. The zero-order valence-electron chi connectivity index (χ0n) is 18.4. The van der Waals surface area contributed by atoms with Crippen LogP contribution in [0.5, 0.6) is 0 Å². The zero-order chi connectivity index (χ0) is 24.3. The number of carbonyl (C=O) groups excluding carboxylic acids is 1. The summed E-state index contributed by atoms with van der Waals surface area (Å²) >= 11 is 0. The highest BCUT2D eigenvalue weighted by Crippen LogP contribution is 2.30. The van der Waals surface area contributed by atoms with Crippen molar-refractivity contribution in [2.45, 2.75) is 33.0 Å². The SMILES string of the molecule is Cc1ncc(-c2ccc(C[n+]3cc(CC(=O)Nc4cccc(C(F)(F)F)c4)on3)cc2)c(C)n1. The van der Waals surface area contributed by atoms with E-state index in [0.29, 0.717) is 6.54 Å². The smallest absolute Gasteiger partial charge is 0.326 e. The summed E-state index contributed by atoms with van der Waals surface area (Å²) < 4.78 is 45.2. The third kappa shape index (κ3) is 5.64. The van der Waals surface area contributed by atoms with Crippen LogP contribution in [0.4, 0.5) is 18.9 Å². The number of anilines is 1. The van der Waals surface area contributed by atoms with E-state index in [1.807, 2.05) is 38.1 Å². The van der Waals surface area contributed by atoms with Gasteiger partial charge >= 0.3 is 6.18 Å². The van der Waals surface area contributed by atoms with Crippen LogP contribution in [0.3, 0.4) is 0 Å². The average molecular weight is 468 g/mol. The zero-order valence-corrected chi connectivity index (χ0v) is 18.4. The molecule has 0 aliphatic carbocycles. The molecule has 174 valence electrons. The fourth-order valence-corrected chi connectivity index (χ4v) is 3.45. The minimum atomic E-state index is -4.48. The molecule has 2 heterocycles. The van der Waals surface area contributed by atoms with Crippen LogP contribution in [0.15, 0.2) is 65.4 Å². The standard InChI is InChI=1S/C24H20F3N5O2/c1-15-22(12-28-16(2)29-15)18-8-6-17(7-9-18)13-32-14-21(34-31-32)11-23(33)30-20-5-3-4-19(10-20)24(25,26)27/h3-10,12,14H,11,13H2,1-2H3/p+1. The molecule has 7 nitrogen and oxygen atoms in total. The second-order valence-corrected chi connectivity index (χ2v) is 7.78. The highest BCUT2D eigenvalue weighted by atomic mass is 19.4. The first-order valence-electron chi connectivity index (χ1n) is 10.4. The summed E-state index contributed by atoms with van der Waals surface area (Å²) in [5.41, 5.74) is 3.05. The molecular formula is C24H21F3N5O2+. The molecule has 1 amide bonds. The van der Waals surface area contributed by atoms with Crippen LogP contribution in [0, 0.1) is 13.8 Å². The molecule has 0 unspecified atom stereocenters. The molecule has 0 aliphatic rings. The van der Waals surface area contributed by atoms with Gasteiger partial charge in [0, 0.05) is 28.7 Å². The summed E-state index contributed by atoms with van der Waals surface area (Å²) in [5, 5.41) is 6.36. The molecule has 0 aliphatic heterocycles. The summed E-state index contributed by atoms with van der Waals surface area (Å²) in [7, 11) is 0. The van der Waals surface area contributed by atoms with Crippen molar-refractivity contribution in [3.8, 4) is 11.1 Å². The van der Waals surface area contributed by atoms with Crippen LogP contribution < -0.4 is 10.00 Å². The van der Waals surface area contributed by atoms with Crippen LogP contribution in [0.1, 0.15) is 28.4 Å². The maximum absolute atomic E-state index is 12.8. The van der Waals surface area contributed by atoms with Gasteiger partial charge < -0.3 is 9.84 Å². The van der Waals surface area contributed by atoms with Crippen LogP contribution >= 0.6 is 0 Å². The highest BCUT2D eigenvalue weighted by molar-refractivity contribution is 5.91. The van der Waals surface area contributed by atoms with Crippen molar-refractivity contribution >= 4 is 11.6 Å². The van der Waals surface area contributed by atoms with E-state index >= 15 is 0 Å². The second-order valence-electron chi connectivity index (χ2n) is 7.78. The molecule has 2 aromatic carbocycles. The van der Waals surface area contributed by atoms with Gasteiger partial charge in [0.05, 0.1) is 12.0 Å². The Balaban J connectivity index is 1.37. The van der Waals surface area contributed by atoms with Gasteiger partial charge in [0.25, 0.3) is 0 Å². The number of aryl methyl sites for hydroxylation is 2. The summed E-state index contributed by atoms with van der Waals surface area (Å²) in [6, 6.07) is 12.3. The van der Waals surface area contributed by atoms with Gasteiger partial charge in [-0.1, -0.05) is 30.3 Å². The minimum absolute atomic E-state index is 0.0570. The molecule has 34 heavy (non-hydrogen) atoms. The van der Waals surface area contributed by atoms with Crippen molar-refractivity contribution in [1.29, 1.82) is 0 Å². The van der Waals surface area contributed by atoms with Gasteiger partial charge in [0.15, 0.2) is 5.27 Å². The van der Waals surface area contributed by atoms with Crippen molar-refractivity contribution in [2.24, 2.45) is 0 Å². The number of carbonyl (C=O) groups is 1. The summed E-state index contributed by atoms with van der Waals surface area (Å²) in [6.07, 6.45) is -1.27. The number of alkyl halides is 3. The monoisotopic (exact) mass is 468 g/mol. The Hall–Kier alpha value is -4.08. The molecule has 0 saturated carbocycles. The number of hydrogen-bond donors (Lipinski definition) is 1. The number of hydrogen-bond acceptors (Lipinski definition) is 5. The van der Waals surface area contributed by atoms with E-state index in [0.717, 1.165) is 40.3 Å². The van der Waals surface area contributed by atoms with Crippen LogP contribution in [-0.2, 0) is 23.9 Å². The molecule has 2 aromatic heterocycles. The number of rotatable bonds is 6. The number of halogens is 3. The van der Waals surface area contributed by atoms with Crippen LogP contribution in [0.2, 0.25) is 0 Å². The van der Waals surface area contributed by atoms with Gasteiger partial charge in [-0.3, -0.25) is 4.79 Å². The lowest BCUT2D eigenvalue weighted by Gasteiger charge is -2.09. The van der Waals surface area contributed by atoms with E-state index < -0.39 is 17.6 Å². The maximum Gasteiger partial charge on any atom is 0.416 e. The molecule has 4 aromatic rings. The first kappa shape index (κ1) is 23.1. The molecule has 0 fully saturated rings. The van der Waals surface area contributed by atoms with Gasteiger partial charge in [-0.05, 0) is 42.3 Å². The molecule has 0 radical (unpaired) electrons. The Morgan fingerprint density at radius 3 is 2.59 bits per heavy atom. The highest BCUT2D eigenvalue weighted by Gasteiger charge is 2.30. The summed E-state index contributed by atoms with van der Waals surface area (Å²) in [5.74, 6) is 0.496. The predicted molar refractivity (Wildman–Crippen MR) is 117 cm³/mol. The molecule has 0 bridgehead atoms. The molecule has 0 spiro atoms. The van der Waals surface area contributed by atoms with Gasteiger partial charge in [-0.25, -0.2) is 9.97 Å². The maximum atomic E-state index is 12.8. The topological polar surface area (TPSA) is 84.8 Å². The summed E-state index contributed by atoms with van der Waals surface area (Å²) in [4.78, 5) is 20.9. The molecule has 10 heteroatoms. The Kier molecular flexibility index (Phi) is 6.40. The van der Waals surface area contributed by atoms with Crippen LogP contribution in [0.25, 0.3) is 11.1 Å². The van der Waals surface area contributed by atoms with Crippen molar-refractivity contribution in [2.75, 3.05) is 5.32 Å². The van der Waals surface area contributed by atoms with E-state index in [1.54, 1.807) is 17.1 Å². The Morgan fingerprint density at radius 1 is 1.12 bits per heavy atom. The van der Waals surface area contributed by atoms with Crippen LogP contribution in [-0.4, -0.2) is 21.1 Å². The lowest BCUT2D eigenvalue weighted by molar-refractivity contribution is -0.754. The quantitative estimate of drug-likeness (QED) is 0.427. The average Bonchev–Trinajstić information content (AvgIpc) is 3.20. The van der Waals surface area contributed by atoms with Gasteiger partial charge in [-0.2, -0.15) is 13.2 Å². The molecule has 4 rings (SSSR count). The minimum Gasteiger partial charge on any atom is -0.326 e. The lowest BCUT2D eigenvalue weighted by atomic mass is 10.0. The molecule has 1 N–H and O–H groups in total. The molecule has 0 saturated heterocycles. The van der Waals surface area contributed by atoms with E-state index in [4.69, 9.17) is 4.52 Å². The van der Waals surface area contributed by atoms with Crippen molar-refractivity contribution in [1.82, 2.24) is 15.2 Å². The van der Waals surface area contributed by atoms with E-state index in [1.165, 1.54) is 12.1 Å². The largest absolute Gasteiger partial charge is 0.416 e. The predicted octanol–water partition coefficient (Wildman–Crippen LogP) is 4.28. The third-order valence-corrected chi connectivity index (χ3v) is 5.07. The third-order valence-electron chi connectivity index (χ3n) is 5.07. The van der Waals surface area contributed by atoms with Crippen molar-refractivity contribution in [3.05, 3.63) is 89.3 Å². The molecular weight excluding hydrogens is 447 g/mol. The fourth-order valence-electron chi connectivity index (χ4n) is 3.45. The van der Waals surface area contributed by atoms with Gasteiger partial charge in [0.2, 0.25) is 24.4 Å². The lowest BCUT2D eigenvalue weighted by Crippen LogP contribution is -2.35. The fraction of sp³-hybridized carbons (Fsp3) is 0.208. The number of benzene rings is 2. The Labute approximate surface area is 193 Å². The van der Waals surface area contributed by atoms with E-state index in [9.17, 15) is 18.0 Å². The van der Waals surface area contributed by atoms with Gasteiger partial charge in [0.1, 0.15) is 5.82 Å². The van der Waals surface area contributed by atoms with E-state index in [2.05, 4.69) is 20.6 Å². The van der Waals surface area contributed by atoms with Crippen molar-refractivity contribution in [3.63, 3.8) is 0 Å². The van der Waals surface area contributed by atoms with Gasteiger partial charge in [-0.15, -0.1) is 0 Å². The normalized spacial score (nSPS) is 11.4. The summed E-state index contributed by atoms with van der Waals surface area (Å²) in [6.45, 7) is 4.20. The first-order valence-corrected chi connectivity index (χ1v) is 10.4.